The second-order valence-corrected chi connectivity index (χ2v) is 4.38. The first-order valence-electron chi connectivity index (χ1n) is 5.52. The SMILES string of the molecule is CC[C@H](C)[C@H](N)C(=O)NCCC(C)C. The zero-order chi connectivity index (χ0) is 11.1. The Hall–Kier alpha value is -0.570. The maximum Gasteiger partial charge on any atom is 0.237 e. The van der Waals surface area contributed by atoms with Gasteiger partial charge < -0.3 is 11.1 Å². The van der Waals surface area contributed by atoms with Crippen LogP contribution >= 0.6 is 0 Å². The predicted octanol–water partition coefficient (Wildman–Crippen LogP) is 1.52. The van der Waals surface area contributed by atoms with Gasteiger partial charge in [0.25, 0.3) is 0 Å². The van der Waals surface area contributed by atoms with Gasteiger partial charge in [-0.2, -0.15) is 0 Å². The highest BCUT2D eigenvalue weighted by molar-refractivity contribution is 5.81. The monoisotopic (exact) mass is 200 g/mol. The van der Waals surface area contributed by atoms with Crippen LogP contribution in [0.1, 0.15) is 40.5 Å². The van der Waals surface area contributed by atoms with Crippen LogP contribution in [0.5, 0.6) is 0 Å². The summed E-state index contributed by atoms with van der Waals surface area (Å²) in [7, 11) is 0. The maximum atomic E-state index is 11.5. The first-order chi connectivity index (χ1) is 6.49. The lowest BCUT2D eigenvalue weighted by Crippen LogP contribution is -2.45. The van der Waals surface area contributed by atoms with Gasteiger partial charge >= 0.3 is 0 Å². The fourth-order valence-corrected chi connectivity index (χ4v) is 1.11. The average Bonchev–Trinajstić information content (AvgIpc) is 2.14. The maximum absolute atomic E-state index is 11.5. The molecule has 2 atom stereocenters. The molecule has 3 N–H and O–H groups in total. The zero-order valence-corrected chi connectivity index (χ0v) is 9.84. The van der Waals surface area contributed by atoms with E-state index in [1.165, 1.54) is 0 Å². The second kappa shape index (κ2) is 6.82. The van der Waals surface area contributed by atoms with Crippen LogP contribution in [0.3, 0.4) is 0 Å². The smallest absolute Gasteiger partial charge is 0.237 e. The van der Waals surface area contributed by atoms with Gasteiger partial charge in [-0.05, 0) is 18.3 Å². The highest BCUT2D eigenvalue weighted by atomic mass is 16.2. The first-order valence-corrected chi connectivity index (χ1v) is 5.52. The van der Waals surface area contributed by atoms with Gasteiger partial charge in [0, 0.05) is 6.54 Å². The molecule has 3 heteroatoms. The van der Waals surface area contributed by atoms with Crippen LogP contribution in [-0.4, -0.2) is 18.5 Å². The first kappa shape index (κ1) is 13.4. The summed E-state index contributed by atoms with van der Waals surface area (Å²) in [5.74, 6) is 0.865. The molecule has 0 spiro atoms. The van der Waals surface area contributed by atoms with Crippen molar-refractivity contribution < 1.29 is 4.79 Å². The molecule has 0 aliphatic rings. The molecule has 0 fully saturated rings. The Morgan fingerprint density at radius 1 is 1.36 bits per heavy atom. The summed E-state index contributed by atoms with van der Waals surface area (Å²) in [5.41, 5.74) is 5.78. The van der Waals surface area contributed by atoms with E-state index in [9.17, 15) is 4.79 Å². The van der Waals surface area contributed by atoms with E-state index in [1.807, 2.05) is 13.8 Å². The lowest BCUT2D eigenvalue weighted by atomic mass is 9.99. The molecule has 0 unspecified atom stereocenters. The summed E-state index contributed by atoms with van der Waals surface area (Å²) in [6, 6.07) is -0.354. The third kappa shape index (κ3) is 5.22. The average molecular weight is 200 g/mol. The van der Waals surface area contributed by atoms with Crippen molar-refractivity contribution in [1.82, 2.24) is 5.32 Å². The van der Waals surface area contributed by atoms with E-state index < -0.39 is 0 Å². The van der Waals surface area contributed by atoms with E-state index in [4.69, 9.17) is 5.73 Å². The molecule has 3 nitrogen and oxygen atoms in total. The number of hydrogen-bond acceptors (Lipinski definition) is 2. The molecular weight excluding hydrogens is 176 g/mol. The third-order valence-electron chi connectivity index (χ3n) is 2.58. The molecule has 84 valence electrons. The van der Waals surface area contributed by atoms with Crippen molar-refractivity contribution in [3.05, 3.63) is 0 Å². The van der Waals surface area contributed by atoms with Crippen molar-refractivity contribution in [1.29, 1.82) is 0 Å². The quantitative estimate of drug-likeness (QED) is 0.683. The summed E-state index contributed by atoms with van der Waals surface area (Å²) in [4.78, 5) is 11.5. The highest BCUT2D eigenvalue weighted by Gasteiger charge is 2.18. The van der Waals surface area contributed by atoms with Crippen LogP contribution in [0.2, 0.25) is 0 Å². The van der Waals surface area contributed by atoms with Gasteiger partial charge in [0.05, 0.1) is 6.04 Å². The minimum absolute atomic E-state index is 0.0139. The van der Waals surface area contributed by atoms with Gasteiger partial charge in [-0.1, -0.05) is 34.1 Å². The molecule has 0 radical (unpaired) electrons. The van der Waals surface area contributed by atoms with Crippen molar-refractivity contribution >= 4 is 5.91 Å². The Kier molecular flexibility index (Phi) is 6.54. The number of carbonyl (C=O) groups excluding carboxylic acids is 1. The van der Waals surface area contributed by atoms with E-state index >= 15 is 0 Å². The molecule has 0 bridgehead atoms. The molecule has 0 saturated carbocycles. The summed E-state index contributed by atoms with van der Waals surface area (Å²) >= 11 is 0. The van der Waals surface area contributed by atoms with Gasteiger partial charge in [0.15, 0.2) is 0 Å². The Morgan fingerprint density at radius 2 is 1.93 bits per heavy atom. The molecule has 0 aromatic carbocycles. The minimum Gasteiger partial charge on any atom is -0.355 e. The molecule has 0 heterocycles. The normalized spacial score (nSPS) is 15.3. The van der Waals surface area contributed by atoms with Crippen LogP contribution in [-0.2, 0) is 4.79 Å². The molecule has 0 rings (SSSR count). The van der Waals surface area contributed by atoms with E-state index in [0.29, 0.717) is 5.92 Å². The van der Waals surface area contributed by atoms with Gasteiger partial charge in [-0.3, -0.25) is 4.79 Å². The number of nitrogens with one attached hydrogen (secondary N) is 1. The Balaban J connectivity index is 3.73. The van der Waals surface area contributed by atoms with Gasteiger partial charge in [-0.25, -0.2) is 0 Å². The molecule has 0 aromatic rings. The van der Waals surface area contributed by atoms with Gasteiger partial charge in [-0.15, -0.1) is 0 Å². The van der Waals surface area contributed by atoms with E-state index in [1.54, 1.807) is 0 Å². The van der Waals surface area contributed by atoms with E-state index in [2.05, 4.69) is 19.2 Å². The van der Waals surface area contributed by atoms with Crippen molar-refractivity contribution in [3.63, 3.8) is 0 Å². The molecule has 14 heavy (non-hydrogen) atoms. The van der Waals surface area contributed by atoms with Crippen molar-refractivity contribution in [2.75, 3.05) is 6.54 Å². The fourth-order valence-electron chi connectivity index (χ4n) is 1.11. The van der Waals surface area contributed by atoms with Gasteiger partial charge in [0.1, 0.15) is 0 Å². The highest BCUT2D eigenvalue weighted by Crippen LogP contribution is 2.05. The fraction of sp³-hybridized carbons (Fsp3) is 0.909. The van der Waals surface area contributed by atoms with Crippen LogP contribution in [0.15, 0.2) is 0 Å². The van der Waals surface area contributed by atoms with Crippen LogP contribution in [0.25, 0.3) is 0 Å². The van der Waals surface area contributed by atoms with Crippen LogP contribution in [0.4, 0.5) is 0 Å². The van der Waals surface area contributed by atoms with Crippen molar-refractivity contribution in [2.24, 2.45) is 17.6 Å². The topological polar surface area (TPSA) is 55.1 Å². The van der Waals surface area contributed by atoms with Crippen LogP contribution < -0.4 is 11.1 Å². The minimum atomic E-state index is -0.354. The predicted molar refractivity (Wildman–Crippen MR) is 59.9 cm³/mol. The standard InChI is InChI=1S/C11H24N2O/c1-5-9(4)10(12)11(14)13-7-6-8(2)3/h8-10H,5-7,12H2,1-4H3,(H,13,14)/t9-,10-/m0/s1. The van der Waals surface area contributed by atoms with Crippen molar-refractivity contribution in [3.8, 4) is 0 Å². The van der Waals surface area contributed by atoms with Crippen LogP contribution in [0, 0.1) is 11.8 Å². The molecular formula is C11H24N2O. The summed E-state index contributed by atoms with van der Waals surface area (Å²) in [6.45, 7) is 9.07. The Labute approximate surface area is 87.4 Å². The molecule has 1 amide bonds. The number of rotatable bonds is 6. The number of nitrogens with two attached hydrogens (primary N) is 1. The number of carbonyl (C=O) groups is 1. The summed E-state index contributed by atoms with van der Waals surface area (Å²) in [6.07, 6.45) is 1.96. The number of hydrogen-bond donors (Lipinski definition) is 2. The Bertz CT molecular complexity index is 169. The summed E-state index contributed by atoms with van der Waals surface area (Å²) < 4.78 is 0. The lowest BCUT2D eigenvalue weighted by molar-refractivity contribution is -0.123. The number of amides is 1. The molecule has 0 aliphatic carbocycles. The molecule has 0 saturated heterocycles. The molecule has 0 aromatic heterocycles. The van der Waals surface area contributed by atoms with E-state index in [0.717, 1.165) is 19.4 Å². The second-order valence-electron chi connectivity index (χ2n) is 4.38. The Morgan fingerprint density at radius 3 is 2.36 bits per heavy atom. The third-order valence-corrected chi connectivity index (χ3v) is 2.58. The van der Waals surface area contributed by atoms with Crippen molar-refractivity contribution in [2.45, 2.75) is 46.6 Å². The van der Waals surface area contributed by atoms with Gasteiger partial charge in [0.2, 0.25) is 5.91 Å². The van der Waals surface area contributed by atoms with E-state index in [-0.39, 0.29) is 17.9 Å². The largest absolute Gasteiger partial charge is 0.355 e. The molecule has 0 aliphatic heterocycles. The summed E-state index contributed by atoms with van der Waals surface area (Å²) in [5, 5.41) is 2.87. The zero-order valence-electron chi connectivity index (χ0n) is 9.84. The lowest BCUT2D eigenvalue weighted by Gasteiger charge is -2.17.